The lowest BCUT2D eigenvalue weighted by Gasteiger charge is -2.02. The van der Waals surface area contributed by atoms with Crippen LogP contribution < -0.4 is 0 Å². The zero-order chi connectivity index (χ0) is 11.0. The van der Waals surface area contributed by atoms with E-state index in [1.807, 2.05) is 13.8 Å². The molecule has 0 spiro atoms. The van der Waals surface area contributed by atoms with Gasteiger partial charge in [-0.3, -0.25) is 0 Å². The summed E-state index contributed by atoms with van der Waals surface area (Å²) >= 11 is 13.1. The highest BCUT2D eigenvalue weighted by Gasteiger charge is 2.10. The normalized spacial score (nSPS) is 10.7. The van der Waals surface area contributed by atoms with Crippen LogP contribution in [0.1, 0.15) is 11.3 Å². The van der Waals surface area contributed by atoms with Gasteiger partial charge >= 0.3 is 0 Å². The Morgan fingerprint density at radius 1 is 1.20 bits per heavy atom. The lowest BCUT2D eigenvalue weighted by molar-refractivity contribution is 1.07. The van der Waals surface area contributed by atoms with Gasteiger partial charge in [-0.05, 0) is 13.8 Å². The van der Waals surface area contributed by atoms with E-state index in [9.17, 15) is 0 Å². The van der Waals surface area contributed by atoms with Gasteiger partial charge in [-0.1, -0.05) is 34.5 Å². The molecule has 78 valence electrons. The lowest BCUT2D eigenvalue weighted by Crippen LogP contribution is -1.95. The van der Waals surface area contributed by atoms with Crippen LogP contribution in [0.15, 0.2) is 6.20 Å². The molecule has 0 fully saturated rings. The van der Waals surface area contributed by atoms with E-state index in [0.717, 1.165) is 11.3 Å². The number of aromatic nitrogens is 3. The fourth-order valence-corrected chi connectivity index (χ4v) is 2.11. The molecule has 0 aliphatic carbocycles. The number of hydrogen-bond acceptors (Lipinski definition) is 4. The van der Waals surface area contributed by atoms with Crippen molar-refractivity contribution in [3.63, 3.8) is 0 Å². The summed E-state index contributed by atoms with van der Waals surface area (Å²) in [6, 6.07) is 0. The van der Waals surface area contributed by atoms with Crippen molar-refractivity contribution in [3.05, 3.63) is 26.9 Å². The van der Waals surface area contributed by atoms with Crippen molar-refractivity contribution in [2.24, 2.45) is 0 Å². The van der Waals surface area contributed by atoms with Crippen molar-refractivity contribution in [1.29, 1.82) is 0 Å². The van der Waals surface area contributed by atoms with E-state index in [1.165, 1.54) is 11.3 Å². The van der Waals surface area contributed by atoms with Crippen LogP contribution in [-0.4, -0.2) is 15.0 Å². The quantitative estimate of drug-likeness (QED) is 0.736. The topological polar surface area (TPSA) is 38.7 Å². The second-order valence-corrected chi connectivity index (χ2v) is 5.04. The van der Waals surface area contributed by atoms with E-state index in [0.29, 0.717) is 20.3 Å². The second kappa shape index (κ2) is 4.04. The first-order valence-corrected chi connectivity index (χ1v) is 5.77. The molecule has 2 rings (SSSR count). The molecule has 0 bridgehead atoms. The number of halogens is 2. The zero-order valence-corrected chi connectivity index (χ0v) is 10.4. The first kappa shape index (κ1) is 10.8. The first-order valence-electron chi connectivity index (χ1n) is 4.20. The minimum Gasteiger partial charge on any atom is -0.240 e. The minimum atomic E-state index is 0.462. The molecule has 0 atom stereocenters. The Labute approximate surface area is 101 Å². The van der Waals surface area contributed by atoms with Gasteiger partial charge in [-0.15, -0.1) is 0 Å². The maximum Gasteiger partial charge on any atom is 0.190 e. The van der Waals surface area contributed by atoms with Crippen molar-refractivity contribution in [2.45, 2.75) is 13.8 Å². The standard InChI is InChI=1S/C9H7Cl2N3S/c1-4-5(2)13-8(14-7(4)11)9-12-3-6(10)15-9/h3H,1-2H3. The predicted molar refractivity (Wildman–Crippen MR) is 62.6 cm³/mol. The molecule has 2 aromatic heterocycles. The molecular formula is C9H7Cl2N3S. The van der Waals surface area contributed by atoms with Crippen LogP contribution in [0.25, 0.3) is 10.8 Å². The molecule has 0 saturated heterocycles. The molecule has 2 aromatic rings. The highest BCUT2D eigenvalue weighted by Crippen LogP contribution is 2.27. The van der Waals surface area contributed by atoms with Gasteiger partial charge in [0.05, 0.1) is 6.20 Å². The number of aryl methyl sites for hydroxylation is 1. The molecule has 0 aliphatic heterocycles. The van der Waals surface area contributed by atoms with Gasteiger partial charge in [0.2, 0.25) is 0 Å². The van der Waals surface area contributed by atoms with E-state index in [-0.39, 0.29) is 0 Å². The molecule has 2 heterocycles. The van der Waals surface area contributed by atoms with Crippen LogP contribution in [0.3, 0.4) is 0 Å². The second-order valence-electron chi connectivity index (χ2n) is 3.02. The molecule has 0 N–H and O–H groups in total. The van der Waals surface area contributed by atoms with E-state index >= 15 is 0 Å². The summed E-state index contributed by atoms with van der Waals surface area (Å²) in [7, 11) is 0. The Morgan fingerprint density at radius 3 is 2.47 bits per heavy atom. The van der Waals surface area contributed by atoms with Crippen molar-refractivity contribution in [2.75, 3.05) is 0 Å². The summed E-state index contributed by atoms with van der Waals surface area (Å²) in [6.45, 7) is 3.78. The third-order valence-electron chi connectivity index (χ3n) is 2.00. The zero-order valence-electron chi connectivity index (χ0n) is 8.08. The molecule has 0 radical (unpaired) electrons. The summed E-state index contributed by atoms with van der Waals surface area (Å²) in [5.41, 5.74) is 1.75. The largest absolute Gasteiger partial charge is 0.240 e. The van der Waals surface area contributed by atoms with E-state index in [1.54, 1.807) is 6.20 Å². The van der Waals surface area contributed by atoms with Gasteiger partial charge < -0.3 is 0 Å². The van der Waals surface area contributed by atoms with Gasteiger partial charge in [-0.2, -0.15) is 0 Å². The molecule has 0 aliphatic rings. The summed E-state index contributed by atoms with van der Waals surface area (Å²) < 4.78 is 0.614. The first-order chi connectivity index (χ1) is 7.08. The smallest absolute Gasteiger partial charge is 0.190 e. The Balaban J connectivity index is 2.55. The fourth-order valence-electron chi connectivity index (χ4n) is 1.05. The molecule has 3 nitrogen and oxygen atoms in total. The lowest BCUT2D eigenvalue weighted by atomic mass is 10.3. The monoisotopic (exact) mass is 259 g/mol. The van der Waals surface area contributed by atoms with Gasteiger partial charge in [0.25, 0.3) is 0 Å². The van der Waals surface area contributed by atoms with Crippen LogP contribution in [-0.2, 0) is 0 Å². The maximum atomic E-state index is 5.97. The number of rotatable bonds is 1. The van der Waals surface area contributed by atoms with Crippen LogP contribution in [0.2, 0.25) is 9.49 Å². The summed E-state index contributed by atoms with van der Waals surface area (Å²) in [6.07, 6.45) is 1.58. The van der Waals surface area contributed by atoms with Crippen LogP contribution in [0.4, 0.5) is 0 Å². The van der Waals surface area contributed by atoms with Crippen molar-refractivity contribution < 1.29 is 0 Å². The van der Waals surface area contributed by atoms with Gasteiger partial charge in [0.15, 0.2) is 10.8 Å². The molecular weight excluding hydrogens is 253 g/mol. The molecule has 6 heteroatoms. The van der Waals surface area contributed by atoms with Crippen molar-refractivity contribution in [1.82, 2.24) is 15.0 Å². The molecule has 0 amide bonds. The Kier molecular flexibility index (Phi) is 2.91. The third-order valence-corrected chi connectivity index (χ3v) is 3.48. The maximum absolute atomic E-state index is 5.97. The van der Waals surface area contributed by atoms with Gasteiger partial charge in [-0.25, -0.2) is 15.0 Å². The Bertz CT molecular complexity index is 487. The number of thiazole rings is 1. The highest BCUT2D eigenvalue weighted by molar-refractivity contribution is 7.18. The third kappa shape index (κ3) is 2.12. The summed E-state index contributed by atoms with van der Waals surface area (Å²) in [5.74, 6) is 0.528. The molecule has 0 unspecified atom stereocenters. The molecule has 0 aromatic carbocycles. The van der Waals surface area contributed by atoms with Crippen LogP contribution in [0, 0.1) is 13.8 Å². The number of nitrogens with zero attached hydrogens (tertiary/aromatic N) is 3. The Morgan fingerprint density at radius 2 is 1.93 bits per heavy atom. The summed E-state index contributed by atoms with van der Waals surface area (Å²) in [4.78, 5) is 12.6. The van der Waals surface area contributed by atoms with Crippen LogP contribution >= 0.6 is 34.5 Å². The highest BCUT2D eigenvalue weighted by atomic mass is 35.5. The summed E-state index contributed by atoms with van der Waals surface area (Å²) in [5, 5.41) is 1.15. The molecule has 0 saturated carbocycles. The van der Waals surface area contributed by atoms with E-state index in [2.05, 4.69) is 15.0 Å². The van der Waals surface area contributed by atoms with E-state index < -0.39 is 0 Å². The van der Waals surface area contributed by atoms with E-state index in [4.69, 9.17) is 23.2 Å². The Hall–Kier alpha value is -0.710. The SMILES string of the molecule is Cc1nc(-c2ncc(Cl)s2)nc(Cl)c1C. The van der Waals surface area contributed by atoms with Gasteiger partial charge in [0.1, 0.15) is 9.49 Å². The van der Waals surface area contributed by atoms with Gasteiger partial charge in [0, 0.05) is 11.3 Å². The van der Waals surface area contributed by atoms with Crippen LogP contribution in [0.5, 0.6) is 0 Å². The number of hydrogen-bond donors (Lipinski definition) is 0. The predicted octanol–water partition coefficient (Wildman–Crippen LogP) is 3.52. The fraction of sp³-hybridized carbons (Fsp3) is 0.222. The average Bonchev–Trinajstić information content (AvgIpc) is 2.60. The van der Waals surface area contributed by atoms with Crippen molar-refractivity contribution >= 4 is 34.5 Å². The minimum absolute atomic E-state index is 0.462. The van der Waals surface area contributed by atoms with Crippen molar-refractivity contribution in [3.8, 4) is 10.8 Å². The average molecular weight is 260 g/mol. The molecule has 15 heavy (non-hydrogen) atoms.